The molecule has 0 spiro atoms. The third-order valence-corrected chi connectivity index (χ3v) is 1.52. The van der Waals surface area contributed by atoms with Crippen molar-refractivity contribution in [3.8, 4) is 0 Å². The molecule has 0 saturated carbocycles. The summed E-state index contributed by atoms with van der Waals surface area (Å²) in [5.41, 5.74) is 0.495. The summed E-state index contributed by atoms with van der Waals surface area (Å²) in [7, 11) is 0. The highest BCUT2D eigenvalue weighted by molar-refractivity contribution is 5.77. The van der Waals surface area contributed by atoms with E-state index in [0.717, 1.165) is 0 Å². The molecule has 0 aromatic carbocycles. The standard InChI is InChI=1S/C8H8N2O3/c11-5-10-7(8(12)13)6-1-3-9-4-2-6/h1-5,7H,(H,10,11)(H,12,13). The molecule has 0 saturated heterocycles. The fourth-order valence-electron chi connectivity index (χ4n) is 0.934. The van der Waals surface area contributed by atoms with Crippen molar-refractivity contribution in [1.82, 2.24) is 10.3 Å². The minimum atomic E-state index is -1.10. The summed E-state index contributed by atoms with van der Waals surface area (Å²) in [6.45, 7) is 0. The normalized spacial score (nSPS) is 11.7. The van der Waals surface area contributed by atoms with Crippen LogP contribution >= 0.6 is 0 Å². The summed E-state index contributed by atoms with van der Waals surface area (Å²) in [6, 6.07) is 2.07. The Labute approximate surface area is 74.4 Å². The van der Waals surface area contributed by atoms with Crippen molar-refractivity contribution in [2.24, 2.45) is 0 Å². The molecule has 1 rings (SSSR count). The molecule has 0 bridgehead atoms. The van der Waals surface area contributed by atoms with Gasteiger partial charge in [-0.25, -0.2) is 4.79 Å². The lowest BCUT2D eigenvalue weighted by atomic mass is 10.1. The van der Waals surface area contributed by atoms with Gasteiger partial charge in [-0.05, 0) is 17.7 Å². The smallest absolute Gasteiger partial charge is 0.330 e. The minimum absolute atomic E-state index is 0.360. The van der Waals surface area contributed by atoms with Crippen molar-refractivity contribution in [2.75, 3.05) is 0 Å². The van der Waals surface area contributed by atoms with Crippen molar-refractivity contribution in [1.29, 1.82) is 0 Å². The van der Waals surface area contributed by atoms with Crippen molar-refractivity contribution < 1.29 is 14.7 Å². The van der Waals surface area contributed by atoms with Gasteiger partial charge in [0.2, 0.25) is 6.41 Å². The Hall–Kier alpha value is -1.91. The molecule has 1 aromatic rings. The molecule has 1 atom stereocenters. The van der Waals surface area contributed by atoms with E-state index in [2.05, 4.69) is 10.3 Å². The van der Waals surface area contributed by atoms with Crippen LogP contribution in [0.25, 0.3) is 0 Å². The van der Waals surface area contributed by atoms with Gasteiger partial charge in [-0.3, -0.25) is 9.78 Å². The molecule has 1 unspecified atom stereocenters. The monoisotopic (exact) mass is 180 g/mol. The molecule has 0 radical (unpaired) electrons. The molecule has 5 nitrogen and oxygen atoms in total. The summed E-state index contributed by atoms with van der Waals surface area (Å²) in [5, 5.41) is 10.9. The van der Waals surface area contributed by atoms with Gasteiger partial charge in [-0.2, -0.15) is 0 Å². The van der Waals surface area contributed by atoms with Crippen LogP contribution in [0.4, 0.5) is 0 Å². The molecule has 5 heteroatoms. The van der Waals surface area contributed by atoms with Crippen LogP contribution in [0.15, 0.2) is 24.5 Å². The first-order valence-corrected chi connectivity index (χ1v) is 3.58. The van der Waals surface area contributed by atoms with E-state index in [9.17, 15) is 9.59 Å². The number of carbonyl (C=O) groups is 2. The Morgan fingerprint density at radius 1 is 1.54 bits per heavy atom. The quantitative estimate of drug-likeness (QED) is 0.637. The van der Waals surface area contributed by atoms with Crippen molar-refractivity contribution in [3.63, 3.8) is 0 Å². The van der Waals surface area contributed by atoms with Crippen molar-refractivity contribution in [3.05, 3.63) is 30.1 Å². The lowest BCUT2D eigenvalue weighted by molar-refractivity contribution is -0.140. The maximum Gasteiger partial charge on any atom is 0.330 e. The molecule has 1 amide bonds. The Morgan fingerprint density at radius 2 is 2.15 bits per heavy atom. The number of carboxylic acids is 1. The second-order valence-corrected chi connectivity index (χ2v) is 2.34. The van der Waals surface area contributed by atoms with Gasteiger partial charge < -0.3 is 10.4 Å². The van der Waals surface area contributed by atoms with Gasteiger partial charge in [0, 0.05) is 12.4 Å². The first-order valence-electron chi connectivity index (χ1n) is 3.58. The largest absolute Gasteiger partial charge is 0.479 e. The van der Waals surface area contributed by atoms with Crippen LogP contribution in [0.1, 0.15) is 11.6 Å². The molecule has 2 N–H and O–H groups in total. The molecule has 0 fully saturated rings. The number of hydrogen-bond donors (Lipinski definition) is 2. The second kappa shape index (κ2) is 4.20. The number of hydrogen-bond acceptors (Lipinski definition) is 3. The van der Waals surface area contributed by atoms with Crippen LogP contribution in [-0.4, -0.2) is 22.5 Å². The lowest BCUT2D eigenvalue weighted by Crippen LogP contribution is -2.27. The molecule has 13 heavy (non-hydrogen) atoms. The van der Waals surface area contributed by atoms with Crippen LogP contribution in [0, 0.1) is 0 Å². The van der Waals surface area contributed by atoms with Crippen molar-refractivity contribution in [2.45, 2.75) is 6.04 Å². The first-order chi connectivity index (χ1) is 6.25. The van der Waals surface area contributed by atoms with E-state index in [0.29, 0.717) is 12.0 Å². The van der Waals surface area contributed by atoms with E-state index in [1.165, 1.54) is 24.5 Å². The van der Waals surface area contributed by atoms with Crippen LogP contribution in [0.5, 0.6) is 0 Å². The molecule has 68 valence electrons. The number of pyridine rings is 1. The predicted octanol–water partition coefficient (Wildman–Crippen LogP) is -0.0467. The minimum Gasteiger partial charge on any atom is -0.479 e. The first kappa shape index (κ1) is 9.18. The fraction of sp³-hybridized carbons (Fsp3) is 0.125. The summed E-state index contributed by atoms with van der Waals surface area (Å²) in [5.74, 6) is -1.10. The third kappa shape index (κ3) is 2.26. The number of carboxylic acid groups (broad SMARTS) is 1. The van der Waals surface area contributed by atoms with Crippen molar-refractivity contribution >= 4 is 12.4 Å². The molecular formula is C8H8N2O3. The van der Waals surface area contributed by atoms with E-state index >= 15 is 0 Å². The number of aromatic nitrogens is 1. The number of amides is 1. The van der Waals surface area contributed by atoms with Crippen LogP contribution in [0.2, 0.25) is 0 Å². The summed E-state index contributed by atoms with van der Waals surface area (Å²) in [4.78, 5) is 24.5. The highest BCUT2D eigenvalue weighted by Crippen LogP contribution is 2.10. The molecule has 0 aliphatic carbocycles. The SMILES string of the molecule is O=CNC(C(=O)O)c1ccncc1. The van der Waals surface area contributed by atoms with E-state index in [1.807, 2.05) is 0 Å². The molecule has 1 heterocycles. The molecule has 0 aliphatic heterocycles. The Kier molecular flexibility index (Phi) is 2.97. The Morgan fingerprint density at radius 3 is 2.62 bits per heavy atom. The van der Waals surface area contributed by atoms with Gasteiger partial charge in [0.1, 0.15) is 0 Å². The molecule has 1 aromatic heterocycles. The van der Waals surface area contributed by atoms with Gasteiger partial charge in [0.05, 0.1) is 0 Å². The number of carbonyl (C=O) groups excluding carboxylic acids is 1. The topological polar surface area (TPSA) is 79.3 Å². The van der Waals surface area contributed by atoms with E-state index in [-0.39, 0.29) is 0 Å². The number of nitrogens with one attached hydrogen (secondary N) is 1. The second-order valence-electron chi connectivity index (χ2n) is 2.34. The third-order valence-electron chi connectivity index (χ3n) is 1.52. The Bertz CT molecular complexity index is 300. The van der Waals surface area contributed by atoms with E-state index < -0.39 is 12.0 Å². The maximum absolute atomic E-state index is 10.6. The highest BCUT2D eigenvalue weighted by atomic mass is 16.4. The van der Waals surface area contributed by atoms with E-state index in [4.69, 9.17) is 5.11 Å². The summed E-state index contributed by atoms with van der Waals surface area (Å²) in [6.07, 6.45) is 3.30. The lowest BCUT2D eigenvalue weighted by Gasteiger charge is -2.10. The number of nitrogens with zero attached hydrogens (tertiary/aromatic N) is 1. The van der Waals surface area contributed by atoms with Crippen LogP contribution in [0.3, 0.4) is 0 Å². The van der Waals surface area contributed by atoms with Gasteiger partial charge in [-0.1, -0.05) is 0 Å². The summed E-state index contributed by atoms with van der Waals surface area (Å²) >= 11 is 0. The maximum atomic E-state index is 10.6. The summed E-state index contributed by atoms with van der Waals surface area (Å²) < 4.78 is 0. The van der Waals surface area contributed by atoms with Gasteiger partial charge in [-0.15, -0.1) is 0 Å². The number of rotatable bonds is 4. The predicted molar refractivity (Wildman–Crippen MR) is 43.8 cm³/mol. The average Bonchev–Trinajstić information content (AvgIpc) is 2.15. The molecule has 0 aliphatic rings. The molecular weight excluding hydrogens is 172 g/mol. The zero-order chi connectivity index (χ0) is 9.68. The van der Waals surface area contributed by atoms with E-state index in [1.54, 1.807) is 0 Å². The van der Waals surface area contributed by atoms with Gasteiger partial charge in [0.15, 0.2) is 6.04 Å². The van der Waals surface area contributed by atoms with Gasteiger partial charge in [0.25, 0.3) is 0 Å². The van der Waals surface area contributed by atoms with Crippen LogP contribution < -0.4 is 5.32 Å². The highest BCUT2D eigenvalue weighted by Gasteiger charge is 2.17. The average molecular weight is 180 g/mol. The zero-order valence-electron chi connectivity index (χ0n) is 6.68. The van der Waals surface area contributed by atoms with Gasteiger partial charge >= 0.3 is 5.97 Å². The zero-order valence-corrected chi connectivity index (χ0v) is 6.68. The number of aliphatic carboxylic acids is 1. The Balaban J connectivity index is 2.88. The fourth-order valence-corrected chi connectivity index (χ4v) is 0.934. The van der Waals surface area contributed by atoms with Crippen LogP contribution in [-0.2, 0) is 9.59 Å².